The number of carbonyl (C=O) groups excluding carboxylic acids is 1. The average molecular weight is 473 g/mol. The number of carbonyl (C=O) groups is 1. The molecule has 1 heterocycles. The van der Waals surface area contributed by atoms with E-state index in [4.69, 9.17) is 10.5 Å². The highest BCUT2D eigenvalue weighted by atomic mass is 16.5. The molecule has 1 unspecified atom stereocenters. The predicted molar refractivity (Wildman–Crippen MR) is 127 cm³/mol. The molecule has 1 saturated heterocycles. The number of piperidine rings is 1. The van der Waals surface area contributed by atoms with Crippen LogP contribution in [0.3, 0.4) is 0 Å². The van der Waals surface area contributed by atoms with Crippen LogP contribution >= 0.6 is 0 Å². The summed E-state index contributed by atoms with van der Waals surface area (Å²) in [6, 6.07) is 0. The van der Waals surface area contributed by atoms with Crippen molar-refractivity contribution in [3.05, 3.63) is 23.3 Å². The van der Waals surface area contributed by atoms with Gasteiger partial charge in [0.1, 0.15) is 5.60 Å². The zero-order valence-electron chi connectivity index (χ0n) is 20.9. The molecule has 4 aliphatic carbocycles. The molecule has 1 aliphatic heterocycles. The van der Waals surface area contributed by atoms with E-state index < -0.39 is 17.0 Å². The number of nitrogens with two attached hydrogens (primary N) is 1. The van der Waals surface area contributed by atoms with E-state index in [1.54, 1.807) is 7.05 Å². The molecule has 188 valence electrons. The Labute approximate surface area is 202 Å². The first kappa shape index (κ1) is 24.0. The van der Waals surface area contributed by atoms with Crippen molar-refractivity contribution in [2.45, 2.75) is 45.1 Å². The number of hydrogen-bond acceptors (Lipinski definition) is 6. The number of aliphatic hydroxyl groups is 1. The molecule has 3 fully saturated rings. The van der Waals surface area contributed by atoms with Crippen molar-refractivity contribution in [2.24, 2.45) is 44.7 Å². The van der Waals surface area contributed by atoms with E-state index in [2.05, 4.69) is 29.4 Å². The van der Waals surface area contributed by atoms with Crippen LogP contribution in [-0.4, -0.2) is 69.6 Å². The number of carboxylic acids is 1. The molecular formula is C26H40N4O4. The second-order valence-corrected chi connectivity index (χ2v) is 11.3. The summed E-state index contributed by atoms with van der Waals surface area (Å²) in [6.45, 7) is 7.01. The molecule has 2 saturated carbocycles. The summed E-state index contributed by atoms with van der Waals surface area (Å²) in [6.07, 6.45) is 8.18. The summed E-state index contributed by atoms with van der Waals surface area (Å²) >= 11 is 0. The molecule has 8 nitrogen and oxygen atoms in total. The lowest BCUT2D eigenvalue weighted by molar-refractivity contribution is -0.831. The minimum Gasteiger partial charge on any atom is -0.545 e. The Morgan fingerprint density at radius 3 is 2.85 bits per heavy atom. The Hall–Kier alpha value is -1.74. The van der Waals surface area contributed by atoms with Gasteiger partial charge in [-0.1, -0.05) is 24.6 Å². The number of nitrogens with zero attached hydrogens (tertiary/aromatic N) is 1. The summed E-state index contributed by atoms with van der Waals surface area (Å²) in [4.78, 5) is 18.2. The summed E-state index contributed by atoms with van der Waals surface area (Å²) < 4.78 is 5.74. The van der Waals surface area contributed by atoms with E-state index in [0.717, 1.165) is 44.5 Å². The average Bonchev–Trinajstić information content (AvgIpc) is 3.15. The number of aliphatic imine (C=N–C) groups is 1. The van der Waals surface area contributed by atoms with Crippen molar-refractivity contribution in [3.8, 4) is 0 Å². The van der Waals surface area contributed by atoms with Crippen LogP contribution in [0.25, 0.3) is 0 Å². The van der Waals surface area contributed by atoms with Crippen LogP contribution in [-0.2, 0) is 9.53 Å². The predicted octanol–water partition coefficient (Wildman–Crippen LogP) is -1.14. The lowest BCUT2D eigenvalue weighted by Crippen LogP contribution is -3.19. The van der Waals surface area contributed by atoms with Gasteiger partial charge in [-0.25, -0.2) is 4.99 Å². The van der Waals surface area contributed by atoms with Crippen LogP contribution in [0.4, 0.5) is 0 Å². The van der Waals surface area contributed by atoms with Gasteiger partial charge >= 0.3 is 0 Å². The Morgan fingerprint density at radius 2 is 2.21 bits per heavy atom. The van der Waals surface area contributed by atoms with Crippen molar-refractivity contribution in [2.75, 3.05) is 46.9 Å². The van der Waals surface area contributed by atoms with E-state index in [-0.39, 0.29) is 34.8 Å². The molecule has 0 aromatic carbocycles. The lowest BCUT2D eigenvalue weighted by Gasteiger charge is -2.68. The van der Waals surface area contributed by atoms with E-state index in [1.165, 1.54) is 4.90 Å². The molecule has 2 bridgehead atoms. The van der Waals surface area contributed by atoms with Gasteiger partial charge in [-0.2, -0.15) is 0 Å². The number of likely N-dealkylation sites (tertiary alicyclic amines) is 1. The highest BCUT2D eigenvalue weighted by Gasteiger charge is 2.83. The summed E-state index contributed by atoms with van der Waals surface area (Å²) in [5.74, 6) is -0.458. The molecule has 0 aromatic rings. The van der Waals surface area contributed by atoms with Gasteiger partial charge in [-0.3, -0.25) is 4.90 Å². The SMILES string of the molecule is CCOC[C@]1(O)C(C(=O)[O-])=C2C[C@H]3CC[C@@H](C)[C@@]24[C@@H]1C=C[C@]1(CNC)CC[NH+](C(N)=NC)C[C@@]314. The highest BCUT2D eigenvalue weighted by Crippen LogP contribution is 2.82. The van der Waals surface area contributed by atoms with Gasteiger partial charge in [0.2, 0.25) is 0 Å². The minimum atomic E-state index is -1.60. The number of carboxylic acid groups (broad SMARTS) is 1. The molecule has 2 spiro atoms. The van der Waals surface area contributed by atoms with Crippen LogP contribution < -0.4 is 21.1 Å². The zero-order chi connectivity index (χ0) is 24.5. The van der Waals surface area contributed by atoms with Crippen LogP contribution in [0.2, 0.25) is 0 Å². The number of rotatable bonds is 6. The summed E-state index contributed by atoms with van der Waals surface area (Å²) in [5.41, 5.74) is 4.98. The number of aliphatic carboxylic acids is 1. The van der Waals surface area contributed by atoms with Crippen LogP contribution in [0, 0.1) is 34.0 Å². The van der Waals surface area contributed by atoms with Crippen LogP contribution in [0.5, 0.6) is 0 Å². The van der Waals surface area contributed by atoms with E-state index in [1.807, 2.05) is 14.0 Å². The monoisotopic (exact) mass is 472 g/mol. The van der Waals surface area contributed by atoms with Gasteiger partial charge in [0.25, 0.3) is 5.96 Å². The topological polar surface area (TPSA) is 124 Å². The van der Waals surface area contributed by atoms with Crippen molar-refractivity contribution in [1.82, 2.24) is 5.32 Å². The number of ether oxygens (including phenoxy) is 1. The first-order valence-corrected chi connectivity index (χ1v) is 12.9. The highest BCUT2D eigenvalue weighted by molar-refractivity contribution is 5.91. The third-order valence-corrected chi connectivity index (χ3v) is 10.5. The maximum atomic E-state index is 12.7. The molecule has 8 heteroatoms. The van der Waals surface area contributed by atoms with Gasteiger partial charge in [0.05, 0.1) is 25.7 Å². The van der Waals surface area contributed by atoms with Crippen LogP contribution in [0.15, 0.2) is 28.3 Å². The Kier molecular flexibility index (Phi) is 5.56. The molecular weight excluding hydrogens is 432 g/mol. The largest absolute Gasteiger partial charge is 0.545 e. The van der Waals surface area contributed by atoms with Crippen LogP contribution in [0.1, 0.15) is 39.5 Å². The Morgan fingerprint density at radius 1 is 1.44 bits per heavy atom. The van der Waals surface area contributed by atoms with Gasteiger partial charge in [0.15, 0.2) is 0 Å². The van der Waals surface area contributed by atoms with Gasteiger partial charge in [0, 0.05) is 54.4 Å². The first-order chi connectivity index (χ1) is 16.2. The Bertz CT molecular complexity index is 978. The fourth-order valence-corrected chi connectivity index (χ4v) is 9.68. The van der Waals surface area contributed by atoms with Gasteiger partial charge in [-0.15, -0.1) is 0 Å². The number of hydrogen-bond donors (Lipinski definition) is 4. The fourth-order valence-electron chi connectivity index (χ4n) is 9.68. The fraction of sp³-hybridized carbons (Fsp3) is 0.769. The molecule has 0 radical (unpaired) electrons. The third kappa shape index (κ3) is 2.53. The number of guanidine groups is 1. The van der Waals surface area contributed by atoms with Crippen molar-refractivity contribution in [3.63, 3.8) is 0 Å². The molecule has 8 atom stereocenters. The quantitative estimate of drug-likeness (QED) is 0.220. The van der Waals surface area contributed by atoms with Crippen molar-refractivity contribution < 1.29 is 24.6 Å². The zero-order valence-corrected chi connectivity index (χ0v) is 20.9. The van der Waals surface area contributed by atoms with Crippen molar-refractivity contribution >= 4 is 11.9 Å². The molecule has 5 N–H and O–H groups in total. The minimum absolute atomic E-state index is 0.0330. The maximum absolute atomic E-state index is 12.7. The normalized spacial score (nSPS) is 47.0. The molecule has 0 amide bonds. The second-order valence-electron chi connectivity index (χ2n) is 11.3. The molecule has 34 heavy (non-hydrogen) atoms. The van der Waals surface area contributed by atoms with E-state index in [0.29, 0.717) is 24.9 Å². The molecule has 5 rings (SSSR count). The van der Waals surface area contributed by atoms with Gasteiger partial charge < -0.3 is 30.8 Å². The van der Waals surface area contributed by atoms with Crippen molar-refractivity contribution in [1.29, 1.82) is 0 Å². The smallest absolute Gasteiger partial charge is 0.293 e. The molecule has 0 aromatic heterocycles. The number of quaternary nitrogens is 1. The molecule has 5 aliphatic rings. The lowest BCUT2D eigenvalue weighted by atomic mass is 9.36. The first-order valence-electron chi connectivity index (χ1n) is 12.9. The second kappa shape index (κ2) is 7.88. The van der Waals surface area contributed by atoms with E-state index >= 15 is 0 Å². The number of allylic oxidation sites excluding steroid dienone is 1. The Balaban J connectivity index is 1.83. The number of nitrogens with one attached hydrogen (secondary N) is 2. The maximum Gasteiger partial charge on any atom is 0.293 e. The summed E-state index contributed by atoms with van der Waals surface area (Å²) in [5, 5.41) is 28.4. The van der Waals surface area contributed by atoms with Gasteiger partial charge in [-0.05, 0) is 45.1 Å². The standard InChI is InChI=1S/C26H40N4O4/c1-5-34-15-24(33)19-8-9-23(13-28-3)10-11-30(22(27)29-4)14-25(23)17-7-6-16(2)26(19,25)18(12-17)20(24)21(31)32/h8-9,16-17,19,28,33H,5-7,10-15H2,1-4H3,(H2,27,29)(H,31,32)/t16-,17-,19-,23-,24-,25-,26+/m1/s1. The van der Waals surface area contributed by atoms with E-state index in [9.17, 15) is 15.0 Å². The summed E-state index contributed by atoms with van der Waals surface area (Å²) in [7, 11) is 3.74. The third-order valence-electron chi connectivity index (χ3n) is 10.5.